The number of halogens is 1. The fourth-order valence-electron chi connectivity index (χ4n) is 1.46. The Morgan fingerprint density at radius 2 is 2.00 bits per heavy atom. The first-order chi connectivity index (χ1) is 9.02. The standard InChI is InChI=1S/C13H13FN2O3/c14-10-7-9(8-15)5-6-11(10)16-12(17)3-1-2-4-13(18)19/h5-7H,1-4H2,(H,16,17)(H,18,19). The summed E-state index contributed by atoms with van der Waals surface area (Å²) in [6.45, 7) is 0. The molecule has 0 aliphatic carbocycles. The second-order valence-electron chi connectivity index (χ2n) is 3.96. The average molecular weight is 264 g/mol. The first-order valence-electron chi connectivity index (χ1n) is 5.74. The van der Waals surface area contributed by atoms with E-state index < -0.39 is 11.8 Å². The summed E-state index contributed by atoms with van der Waals surface area (Å²) in [5.41, 5.74) is 0.194. The van der Waals surface area contributed by atoms with Gasteiger partial charge in [-0.15, -0.1) is 0 Å². The second-order valence-corrected chi connectivity index (χ2v) is 3.96. The van der Waals surface area contributed by atoms with Crippen LogP contribution in [0.1, 0.15) is 31.2 Å². The maximum atomic E-state index is 13.4. The molecular formula is C13H13FN2O3. The molecule has 0 saturated heterocycles. The summed E-state index contributed by atoms with van der Waals surface area (Å²) < 4.78 is 13.4. The summed E-state index contributed by atoms with van der Waals surface area (Å²) in [6, 6.07) is 5.56. The van der Waals surface area contributed by atoms with Crippen LogP contribution in [0.15, 0.2) is 18.2 Å². The van der Waals surface area contributed by atoms with Crippen molar-refractivity contribution >= 4 is 17.6 Å². The van der Waals surface area contributed by atoms with Crippen LogP contribution in [0.25, 0.3) is 0 Å². The maximum Gasteiger partial charge on any atom is 0.303 e. The highest BCUT2D eigenvalue weighted by Crippen LogP contribution is 2.16. The second kappa shape index (κ2) is 7.11. The van der Waals surface area contributed by atoms with E-state index in [1.165, 1.54) is 12.1 Å². The molecule has 6 heteroatoms. The topological polar surface area (TPSA) is 90.2 Å². The molecule has 0 radical (unpaired) electrons. The number of rotatable bonds is 6. The van der Waals surface area contributed by atoms with Crippen molar-refractivity contribution in [2.24, 2.45) is 0 Å². The Kier molecular flexibility index (Phi) is 5.48. The number of hydrogen-bond acceptors (Lipinski definition) is 3. The third kappa shape index (κ3) is 5.17. The molecule has 0 heterocycles. The average Bonchev–Trinajstić information content (AvgIpc) is 2.37. The van der Waals surface area contributed by atoms with E-state index in [1.807, 2.05) is 0 Å². The van der Waals surface area contributed by atoms with Gasteiger partial charge in [0.1, 0.15) is 5.82 Å². The molecule has 0 aromatic heterocycles. The molecular weight excluding hydrogens is 251 g/mol. The van der Waals surface area contributed by atoms with Crippen molar-refractivity contribution in [2.75, 3.05) is 5.32 Å². The summed E-state index contributed by atoms with van der Waals surface area (Å²) in [6.07, 6.45) is 0.972. The van der Waals surface area contributed by atoms with Gasteiger partial charge in [-0.05, 0) is 31.0 Å². The number of carbonyl (C=O) groups is 2. The number of carbonyl (C=O) groups excluding carboxylic acids is 1. The normalized spacial score (nSPS) is 9.68. The minimum Gasteiger partial charge on any atom is -0.481 e. The van der Waals surface area contributed by atoms with E-state index in [4.69, 9.17) is 10.4 Å². The molecule has 1 aromatic carbocycles. The van der Waals surface area contributed by atoms with Crippen LogP contribution in [0.4, 0.5) is 10.1 Å². The molecule has 0 aliphatic heterocycles. The monoisotopic (exact) mass is 264 g/mol. The number of nitriles is 1. The molecule has 100 valence electrons. The van der Waals surface area contributed by atoms with Crippen LogP contribution in [0, 0.1) is 17.1 Å². The van der Waals surface area contributed by atoms with Crippen molar-refractivity contribution in [3.8, 4) is 6.07 Å². The van der Waals surface area contributed by atoms with Gasteiger partial charge in [-0.2, -0.15) is 5.26 Å². The number of carboxylic acids is 1. The van der Waals surface area contributed by atoms with Crippen LogP contribution in [0.5, 0.6) is 0 Å². The number of unbranched alkanes of at least 4 members (excludes halogenated alkanes) is 1. The SMILES string of the molecule is N#Cc1ccc(NC(=O)CCCCC(=O)O)c(F)c1. The molecule has 0 unspecified atom stereocenters. The lowest BCUT2D eigenvalue weighted by atomic mass is 10.1. The zero-order valence-electron chi connectivity index (χ0n) is 10.1. The number of nitrogens with zero attached hydrogens (tertiary/aromatic N) is 1. The Hall–Kier alpha value is -2.42. The first kappa shape index (κ1) is 14.6. The van der Waals surface area contributed by atoms with Crippen LogP contribution < -0.4 is 5.32 Å². The fraction of sp³-hybridized carbons (Fsp3) is 0.308. The predicted molar refractivity (Wildman–Crippen MR) is 65.8 cm³/mol. The van der Waals surface area contributed by atoms with Crippen molar-refractivity contribution in [1.29, 1.82) is 5.26 Å². The van der Waals surface area contributed by atoms with Crippen molar-refractivity contribution in [3.63, 3.8) is 0 Å². The molecule has 0 bridgehead atoms. The minimum absolute atomic E-state index is 0.0124. The van der Waals surface area contributed by atoms with Gasteiger partial charge in [-0.1, -0.05) is 0 Å². The molecule has 0 aliphatic rings. The van der Waals surface area contributed by atoms with Gasteiger partial charge in [0, 0.05) is 12.8 Å². The number of hydrogen-bond donors (Lipinski definition) is 2. The van der Waals surface area contributed by atoms with Crippen LogP contribution in [-0.2, 0) is 9.59 Å². The van der Waals surface area contributed by atoms with E-state index in [1.54, 1.807) is 6.07 Å². The quantitative estimate of drug-likeness (QED) is 0.771. The number of carboxylic acid groups (broad SMARTS) is 1. The summed E-state index contributed by atoms with van der Waals surface area (Å²) in [4.78, 5) is 21.7. The predicted octanol–water partition coefficient (Wildman–Crippen LogP) is 2.28. The number of nitrogens with one attached hydrogen (secondary N) is 1. The van der Waals surface area contributed by atoms with Gasteiger partial charge in [0.15, 0.2) is 0 Å². The lowest BCUT2D eigenvalue weighted by molar-refractivity contribution is -0.137. The third-order valence-electron chi connectivity index (χ3n) is 2.42. The molecule has 0 fully saturated rings. The van der Waals surface area contributed by atoms with Crippen LogP contribution >= 0.6 is 0 Å². The van der Waals surface area contributed by atoms with Crippen LogP contribution in [-0.4, -0.2) is 17.0 Å². The van der Waals surface area contributed by atoms with Gasteiger partial charge in [0.05, 0.1) is 17.3 Å². The van der Waals surface area contributed by atoms with Gasteiger partial charge >= 0.3 is 5.97 Å². The Morgan fingerprint density at radius 1 is 1.32 bits per heavy atom. The zero-order valence-corrected chi connectivity index (χ0v) is 10.1. The number of benzene rings is 1. The largest absolute Gasteiger partial charge is 0.481 e. The highest BCUT2D eigenvalue weighted by Gasteiger charge is 2.08. The summed E-state index contributed by atoms with van der Waals surface area (Å²) in [5, 5.41) is 19.4. The zero-order chi connectivity index (χ0) is 14.3. The Bertz CT molecular complexity index is 523. The van der Waals surface area contributed by atoms with Gasteiger partial charge in [-0.25, -0.2) is 4.39 Å². The van der Waals surface area contributed by atoms with Crippen molar-refractivity contribution in [2.45, 2.75) is 25.7 Å². The smallest absolute Gasteiger partial charge is 0.303 e. The molecule has 2 N–H and O–H groups in total. The van der Waals surface area contributed by atoms with Gasteiger partial charge in [-0.3, -0.25) is 9.59 Å². The van der Waals surface area contributed by atoms with E-state index >= 15 is 0 Å². The molecule has 1 amide bonds. The van der Waals surface area contributed by atoms with E-state index in [0.717, 1.165) is 6.07 Å². The Labute approximate surface area is 109 Å². The fourth-order valence-corrected chi connectivity index (χ4v) is 1.46. The lowest BCUT2D eigenvalue weighted by Gasteiger charge is -2.06. The van der Waals surface area contributed by atoms with Crippen molar-refractivity contribution < 1.29 is 19.1 Å². The molecule has 5 nitrogen and oxygen atoms in total. The van der Waals surface area contributed by atoms with Crippen molar-refractivity contribution in [1.82, 2.24) is 0 Å². The molecule has 0 atom stereocenters. The van der Waals surface area contributed by atoms with Crippen molar-refractivity contribution in [3.05, 3.63) is 29.6 Å². The van der Waals surface area contributed by atoms with Crippen LogP contribution in [0.2, 0.25) is 0 Å². The first-order valence-corrected chi connectivity index (χ1v) is 5.74. The minimum atomic E-state index is -0.904. The number of aliphatic carboxylic acids is 1. The molecule has 0 saturated carbocycles. The van der Waals surface area contributed by atoms with Gasteiger partial charge in [0.25, 0.3) is 0 Å². The number of anilines is 1. The molecule has 1 aromatic rings. The number of amides is 1. The van der Waals surface area contributed by atoms with E-state index in [9.17, 15) is 14.0 Å². The molecule has 19 heavy (non-hydrogen) atoms. The summed E-state index contributed by atoms with van der Waals surface area (Å²) in [5.74, 6) is -1.95. The molecule has 0 spiro atoms. The maximum absolute atomic E-state index is 13.4. The highest BCUT2D eigenvalue weighted by molar-refractivity contribution is 5.90. The lowest BCUT2D eigenvalue weighted by Crippen LogP contribution is -2.12. The summed E-state index contributed by atoms with van der Waals surface area (Å²) in [7, 11) is 0. The van der Waals surface area contributed by atoms with Crippen LogP contribution in [0.3, 0.4) is 0 Å². The van der Waals surface area contributed by atoms with E-state index in [2.05, 4.69) is 5.32 Å². The molecule has 1 rings (SSSR count). The Balaban J connectivity index is 2.44. The third-order valence-corrected chi connectivity index (χ3v) is 2.42. The summed E-state index contributed by atoms with van der Waals surface area (Å²) >= 11 is 0. The van der Waals surface area contributed by atoms with Gasteiger partial charge < -0.3 is 10.4 Å². The van der Waals surface area contributed by atoms with E-state index in [0.29, 0.717) is 12.8 Å². The van der Waals surface area contributed by atoms with Gasteiger partial charge in [0.2, 0.25) is 5.91 Å². The van der Waals surface area contributed by atoms with E-state index in [-0.39, 0.29) is 30.0 Å². The highest BCUT2D eigenvalue weighted by atomic mass is 19.1. The Morgan fingerprint density at radius 3 is 2.58 bits per heavy atom.